The van der Waals surface area contributed by atoms with Crippen molar-refractivity contribution < 1.29 is 13.2 Å². The Morgan fingerprint density at radius 3 is 2.44 bits per heavy atom. The van der Waals surface area contributed by atoms with Crippen LogP contribution in [-0.4, -0.2) is 21.2 Å². The first-order valence-electron chi connectivity index (χ1n) is 12.3. The molecule has 2 heterocycles. The van der Waals surface area contributed by atoms with Crippen LogP contribution < -0.4 is 0 Å². The molecule has 186 valence electrons. The number of halogens is 4. The standard InChI is InChI=1S/C28H25ClF3N3S/c1-13-21-24(17-9-14-6-7-15(8-14)10-17)34-28(36-2)35-26(21)23(30)25(33-13)19-12-18(27(31)32)11-16-4-3-5-20(29)22(16)19/h3-5,11-12,14-15,17,27H,6-10H2,1-2H3. The van der Waals surface area contributed by atoms with Gasteiger partial charge in [0.1, 0.15) is 11.2 Å². The molecule has 2 saturated carbocycles. The maximum Gasteiger partial charge on any atom is 0.263 e. The van der Waals surface area contributed by atoms with Crippen LogP contribution in [0.5, 0.6) is 0 Å². The van der Waals surface area contributed by atoms with Crippen molar-refractivity contribution in [1.29, 1.82) is 0 Å². The minimum Gasteiger partial charge on any atom is -0.249 e. The zero-order valence-corrected chi connectivity index (χ0v) is 21.6. The Morgan fingerprint density at radius 1 is 1.00 bits per heavy atom. The van der Waals surface area contributed by atoms with Gasteiger partial charge in [-0.3, -0.25) is 0 Å². The third kappa shape index (κ3) is 3.95. The summed E-state index contributed by atoms with van der Waals surface area (Å²) >= 11 is 7.87. The van der Waals surface area contributed by atoms with Crippen LogP contribution in [0, 0.1) is 24.6 Å². The molecule has 2 aliphatic carbocycles. The Balaban J connectivity index is 1.62. The lowest BCUT2D eigenvalue weighted by Crippen LogP contribution is -2.17. The zero-order valence-electron chi connectivity index (χ0n) is 20.0. The van der Waals surface area contributed by atoms with Gasteiger partial charge in [0, 0.05) is 38.5 Å². The zero-order chi connectivity index (χ0) is 25.1. The van der Waals surface area contributed by atoms with Gasteiger partial charge in [-0.1, -0.05) is 48.3 Å². The molecule has 0 spiro atoms. The average molecular weight is 528 g/mol. The normalized spacial score (nSPS) is 21.7. The maximum absolute atomic E-state index is 16.4. The highest BCUT2D eigenvalue weighted by molar-refractivity contribution is 7.98. The number of thioether (sulfide) groups is 1. The van der Waals surface area contributed by atoms with Crippen molar-refractivity contribution >= 4 is 45.0 Å². The molecular weight excluding hydrogens is 503 g/mol. The molecule has 0 N–H and O–H groups in total. The van der Waals surface area contributed by atoms with E-state index in [1.54, 1.807) is 18.2 Å². The molecule has 2 aromatic carbocycles. The fourth-order valence-corrected chi connectivity index (χ4v) is 7.03. The van der Waals surface area contributed by atoms with Gasteiger partial charge >= 0.3 is 0 Å². The van der Waals surface area contributed by atoms with Crippen LogP contribution in [0.25, 0.3) is 32.9 Å². The predicted molar refractivity (Wildman–Crippen MR) is 140 cm³/mol. The second kappa shape index (κ2) is 9.18. The summed E-state index contributed by atoms with van der Waals surface area (Å²) < 4.78 is 43.9. The molecule has 3 nitrogen and oxygen atoms in total. The van der Waals surface area contributed by atoms with Crippen LogP contribution in [0.3, 0.4) is 0 Å². The minimum atomic E-state index is -2.71. The van der Waals surface area contributed by atoms with Crippen molar-refractivity contribution in [3.05, 3.63) is 58.1 Å². The van der Waals surface area contributed by atoms with E-state index in [4.69, 9.17) is 16.6 Å². The summed E-state index contributed by atoms with van der Waals surface area (Å²) in [6.45, 7) is 1.83. The van der Waals surface area contributed by atoms with E-state index >= 15 is 4.39 Å². The number of aromatic nitrogens is 3. The first kappa shape index (κ1) is 24.0. The second-order valence-electron chi connectivity index (χ2n) is 10.1. The van der Waals surface area contributed by atoms with Gasteiger partial charge in [-0.2, -0.15) is 0 Å². The van der Waals surface area contributed by atoms with Crippen LogP contribution in [0.2, 0.25) is 5.02 Å². The number of benzene rings is 2. The lowest BCUT2D eigenvalue weighted by Gasteiger charge is -2.28. The molecule has 2 bridgehead atoms. The number of aryl methyl sites for hydroxylation is 1. The summed E-state index contributed by atoms with van der Waals surface area (Å²) in [7, 11) is 0. The van der Waals surface area contributed by atoms with Gasteiger partial charge in [-0.15, -0.1) is 0 Å². The molecule has 36 heavy (non-hydrogen) atoms. The van der Waals surface area contributed by atoms with E-state index < -0.39 is 12.2 Å². The second-order valence-corrected chi connectivity index (χ2v) is 11.3. The number of fused-ring (bicyclic) bond motifs is 4. The molecule has 4 aromatic rings. The van der Waals surface area contributed by atoms with E-state index in [1.807, 2.05) is 13.2 Å². The Bertz CT molecular complexity index is 1500. The third-order valence-corrected chi connectivity index (χ3v) is 8.75. The lowest BCUT2D eigenvalue weighted by molar-refractivity contribution is 0.151. The number of hydrogen-bond donors (Lipinski definition) is 0. The lowest BCUT2D eigenvalue weighted by atomic mass is 9.78. The summed E-state index contributed by atoms with van der Waals surface area (Å²) in [5, 5.41) is 2.53. The van der Waals surface area contributed by atoms with E-state index in [0.29, 0.717) is 43.9 Å². The fraction of sp³-hybridized carbons (Fsp3) is 0.393. The van der Waals surface area contributed by atoms with Crippen molar-refractivity contribution in [3.8, 4) is 11.3 Å². The van der Waals surface area contributed by atoms with Crippen molar-refractivity contribution in [1.82, 2.24) is 15.0 Å². The highest BCUT2D eigenvalue weighted by Crippen LogP contribution is 2.49. The first-order chi connectivity index (χ1) is 17.3. The first-order valence-corrected chi connectivity index (χ1v) is 13.9. The van der Waals surface area contributed by atoms with Crippen molar-refractivity contribution in [2.24, 2.45) is 11.8 Å². The summed E-state index contributed by atoms with van der Waals surface area (Å²) in [5.41, 5.74) is 1.71. The van der Waals surface area contributed by atoms with Crippen LogP contribution in [-0.2, 0) is 0 Å². The molecule has 2 aromatic heterocycles. The van der Waals surface area contributed by atoms with E-state index in [9.17, 15) is 8.78 Å². The molecular formula is C28H25ClF3N3S. The van der Waals surface area contributed by atoms with E-state index in [0.717, 1.165) is 18.5 Å². The van der Waals surface area contributed by atoms with Crippen LogP contribution in [0.15, 0.2) is 35.5 Å². The highest BCUT2D eigenvalue weighted by atomic mass is 35.5. The molecule has 2 unspecified atom stereocenters. The molecule has 0 amide bonds. The van der Waals surface area contributed by atoms with Crippen LogP contribution in [0.4, 0.5) is 13.2 Å². The number of hydrogen-bond acceptors (Lipinski definition) is 4. The number of nitrogens with zero attached hydrogens (tertiary/aromatic N) is 3. The van der Waals surface area contributed by atoms with Crippen molar-refractivity contribution in [2.45, 2.75) is 56.5 Å². The number of alkyl halides is 2. The Morgan fingerprint density at radius 2 is 1.75 bits per heavy atom. The molecule has 0 saturated heterocycles. The Labute approximate surface area is 216 Å². The van der Waals surface area contributed by atoms with Gasteiger partial charge < -0.3 is 0 Å². The van der Waals surface area contributed by atoms with Gasteiger partial charge in [-0.25, -0.2) is 28.1 Å². The molecule has 2 fully saturated rings. The summed E-state index contributed by atoms with van der Waals surface area (Å²) in [4.78, 5) is 14.1. The number of rotatable bonds is 4. The average Bonchev–Trinajstić information content (AvgIpc) is 3.21. The van der Waals surface area contributed by atoms with Gasteiger partial charge in [-0.05, 0) is 67.9 Å². The van der Waals surface area contributed by atoms with Gasteiger partial charge in [0.05, 0.1) is 5.69 Å². The summed E-state index contributed by atoms with van der Waals surface area (Å²) in [5.74, 6) is 1.01. The monoisotopic (exact) mass is 527 g/mol. The quantitative estimate of drug-likeness (QED) is 0.196. The van der Waals surface area contributed by atoms with Crippen molar-refractivity contribution in [3.63, 3.8) is 0 Å². The topological polar surface area (TPSA) is 38.7 Å². The fourth-order valence-electron chi connectivity index (χ4n) is 6.37. The van der Waals surface area contributed by atoms with Gasteiger partial charge in [0.2, 0.25) is 0 Å². The third-order valence-electron chi connectivity index (χ3n) is 7.88. The molecule has 2 aliphatic rings. The van der Waals surface area contributed by atoms with E-state index in [-0.39, 0.29) is 28.3 Å². The summed E-state index contributed by atoms with van der Waals surface area (Å²) in [6, 6.07) is 7.76. The van der Waals surface area contributed by atoms with Crippen LogP contribution in [0.1, 0.15) is 61.4 Å². The van der Waals surface area contributed by atoms with Gasteiger partial charge in [0.15, 0.2) is 11.0 Å². The Hall–Kier alpha value is -2.38. The summed E-state index contributed by atoms with van der Waals surface area (Å²) in [6.07, 6.45) is 5.05. The molecule has 2 atom stereocenters. The Kier molecular flexibility index (Phi) is 6.11. The van der Waals surface area contributed by atoms with Crippen molar-refractivity contribution in [2.75, 3.05) is 6.26 Å². The SMILES string of the molecule is CSc1nc(C2CC3CCC(C3)C2)c2c(C)nc(-c3cc(C(F)F)cc4cccc(Cl)c34)c(F)c2n1. The molecule has 0 radical (unpaired) electrons. The van der Waals surface area contributed by atoms with Gasteiger partial charge in [0.25, 0.3) is 6.43 Å². The minimum absolute atomic E-state index is 0.0129. The molecule has 8 heteroatoms. The van der Waals surface area contributed by atoms with E-state index in [2.05, 4.69) is 9.97 Å². The van der Waals surface area contributed by atoms with Crippen LogP contribution >= 0.6 is 23.4 Å². The van der Waals surface area contributed by atoms with E-state index in [1.165, 1.54) is 43.2 Å². The number of pyridine rings is 1. The highest BCUT2D eigenvalue weighted by Gasteiger charge is 2.37. The largest absolute Gasteiger partial charge is 0.263 e. The smallest absolute Gasteiger partial charge is 0.249 e. The predicted octanol–water partition coefficient (Wildman–Crippen LogP) is 8.90. The molecule has 0 aliphatic heterocycles. The maximum atomic E-state index is 16.4. The molecule has 6 rings (SSSR count).